The van der Waals surface area contributed by atoms with Gasteiger partial charge in [0.05, 0.1) is 34.1 Å². The maximum absolute atomic E-state index is 13.3. The molecule has 0 spiro atoms. The lowest BCUT2D eigenvalue weighted by atomic mass is 10.0. The van der Waals surface area contributed by atoms with Gasteiger partial charge in [-0.15, -0.1) is 0 Å². The molecule has 0 bridgehead atoms. The number of fused-ring (bicyclic) bond motifs is 1. The highest BCUT2D eigenvalue weighted by Gasteiger charge is 2.35. The van der Waals surface area contributed by atoms with Crippen molar-refractivity contribution < 1.29 is 14.1 Å². The van der Waals surface area contributed by atoms with Crippen LogP contribution >= 0.6 is 11.6 Å². The fourth-order valence-corrected chi connectivity index (χ4v) is 3.98. The molecular weight excluding hydrogens is 462 g/mol. The van der Waals surface area contributed by atoms with Crippen LogP contribution in [0.4, 0.5) is 5.69 Å². The maximum Gasteiger partial charge on any atom is 0.271 e. The van der Waals surface area contributed by atoms with Crippen molar-refractivity contribution in [2.45, 2.75) is 19.0 Å². The largest absolute Gasteiger partial charge is 0.467 e. The molecule has 4 aromatic rings. The van der Waals surface area contributed by atoms with E-state index >= 15 is 0 Å². The highest BCUT2D eigenvalue weighted by atomic mass is 35.5. The fraction of sp³-hybridized carbons (Fsp3) is 0.130. The fourth-order valence-electron chi connectivity index (χ4n) is 3.85. The lowest BCUT2D eigenvalue weighted by Crippen LogP contribution is -2.34. The van der Waals surface area contributed by atoms with Gasteiger partial charge in [0.25, 0.3) is 17.2 Å². The number of nitro benzene ring substituents is 1. The first-order chi connectivity index (χ1) is 16.4. The predicted octanol–water partition coefficient (Wildman–Crippen LogP) is 3.93. The van der Waals surface area contributed by atoms with Gasteiger partial charge < -0.3 is 4.42 Å². The lowest BCUT2D eigenvalue weighted by molar-refractivity contribution is -0.384. The number of hydrogen-bond acceptors (Lipinski definition) is 7. The normalized spacial score (nSPS) is 15.5. The molecule has 2 aromatic carbocycles. The van der Waals surface area contributed by atoms with E-state index in [0.717, 1.165) is 10.1 Å². The summed E-state index contributed by atoms with van der Waals surface area (Å²) in [5.74, 6) is 0.132. The average molecular weight is 478 g/mol. The zero-order chi connectivity index (χ0) is 23.8. The van der Waals surface area contributed by atoms with E-state index in [1.165, 1.54) is 35.8 Å². The Morgan fingerprint density at radius 3 is 2.71 bits per heavy atom. The second-order valence-electron chi connectivity index (χ2n) is 7.66. The van der Waals surface area contributed by atoms with Gasteiger partial charge >= 0.3 is 0 Å². The topological polar surface area (TPSA) is 124 Å². The zero-order valence-electron chi connectivity index (χ0n) is 17.5. The van der Waals surface area contributed by atoms with Crippen molar-refractivity contribution in [2.75, 3.05) is 0 Å². The van der Waals surface area contributed by atoms with Gasteiger partial charge in [0.15, 0.2) is 0 Å². The molecule has 5 rings (SSSR count). The van der Waals surface area contributed by atoms with Gasteiger partial charge in [-0.1, -0.05) is 23.7 Å². The summed E-state index contributed by atoms with van der Waals surface area (Å²) in [6.45, 7) is -0.312. The van der Waals surface area contributed by atoms with E-state index in [-0.39, 0.29) is 23.1 Å². The molecule has 11 heteroatoms. The van der Waals surface area contributed by atoms with Gasteiger partial charge in [-0.25, -0.2) is 9.99 Å². The minimum Gasteiger partial charge on any atom is -0.467 e. The van der Waals surface area contributed by atoms with Crippen molar-refractivity contribution in [3.05, 3.63) is 104 Å². The molecule has 0 unspecified atom stereocenters. The molecule has 1 amide bonds. The maximum atomic E-state index is 13.3. The monoisotopic (exact) mass is 477 g/mol. The van der Waals surface area contributed by atoms with Crippen LogP contribution in [0.1, 0.15) is 23.8 Å². The van der Waals surface area contributed by atoms with E-state index in [1.807, 2.05) is 12.1 Å². The number of nitro groups is 1. The Labute approximate surface area is 196 Å². The quantitative estimate of drug-likeness (QED) is 0.317. The van der Waals surface area contributed by atoms with Crippen molar-refractivity contribution in [2.24, 2.45) is 5.10 Å². The third kappa shape index (κ3) is 3.95. The minimum atomic E-state index is -0.561. The molecule has 10 nitrogen and oxygen atoms in total. The number of benzene rings is 2. The Morgan fingerprint density at radius 2 is 2.00 bits per heavy atom. The van der Waals surface area contributed by atoms with Crippen LogP contribution in [0.5, 0.6) is 0 Å². The third-order valence-corrected chi connectivity index (χ3v) is 5.79. The van der Waals surface area contributed by atoms with Gasteiger partial charge in [-0.3, -0.25) is 24.3 Å². The molecule has 1 aliphatic heterocycles. The molecule has 3 heterocycles. The van der Waals surface area contributed by atoms with Crippen molar-refractivity contribution in [3.63, 3.8) is 0 Å². The molecule has 0 saturated heterocycles. The van der Waals surface area contributed by atoms with Crippen molar-refractivity contribution in [1.82, 2.24) is 14.6 Å². The van der Waals surface area contributed by atoms with E-state index in [4.69, 9.17) is 16.0 Å². The van der Waals surface area contributed by atoms with Gasteiger partial charge in [-0.05, 0) is 35.9 Å². The lowest BCUT2D eigenvalue weighted by Gasteiger charge is -2.20. The second kappa shape index (κ2) is 8.56. The highest BCUT2D eigenvalue weighted by molar-refractivity contribution is 6.30. The molecule has 2 aromatic heterocycles. The first kappa shape index (κ1) is 21.5. The molecule has 1 aliphatic rings. The number of furan rings is 1. The number of hydrazone groups is 1. The van der Waals surface area contributed by atoms with Crippen LogP contribution in [-0.4, -0.2) is 31.1 Å². The number of amides is 1. The van der Waals surface area contributed by atoms with Gasteiger partial charge in [-0.2, -0.15) is 5.10 Å². The SMILES string of the molecule is O=C(Cn1cnc2cc([N+](=O)[O-])ccc2c1=O)N1N=C(c2ccc(Cl)cc2)C[C@H]1c1ccco1. The number of non-ortho nitro benzene ring substituents is 1. The predicted molar refractivity (Wildman–Crippen MR) is 124 cm³/mol. The number of halogens is 1. The van der Waals surface area contributed by atoms with Gasteiger partial charge in [0, 0.05) is 23.6 Å². The van der Waals surface area contributed by atoms with E-state index in [9.17, 15) is 19.7 Å². The van der Waals surface area contributed by atoms with E-state index < -0.39 is 22.4 Å². The summed E-state index contributed by atoms with van der Waals surface area (Å²) in [4.78, 5) is 40.7. The average Bonchev–Trinajstić information content (AvgIpc) is 3.51. The summed E-state index contributed by atoms with van der Waals surface area (Å²) in [6.07, 6.45) is 3.15. The number of carbonyl (C=O) groups is 1. The minimum absolute atomic E-state index is 0.171. The number of hydrogen-bond donors (Lipinski definition) is 0. The van der Waals surface area contributed by atoms with E-state index in [1.54, 1.807) is 24.3 Å². The summed E-state index contributed by atoms with van der Waals surface area (Å²) in [5.41, 5.74) is 1.03. The summed E-state index contributed by atoms with van der Waals surface area (Å²) in [5, 5.41) is 17.6. The standard InChI is InChI=1S/C23H16ClN5O5/c24-15-5-3-14(4-6-15)18-11-20(21-2-1-9-34-21)28(26-18)22(30)12-27-13-25-19-10-16(29(32)33)7-8-17(19)23(27)31/h1-10,13,20H,11-12H2/t20-/m0/s1. The summed E-state index contributed by atoms with van der Waals surface area (Å²) >= 11 is 5.99. The number of rotatable bonds is 5. The Balaban J connectivity index is 1.47. The van der Waals surface area contributed by atoms with Crippen molar-refractivity contribution in [1.29, 1.82) is 0 Å². The number of aromatic nitrogens is 2. The summed E-state index contributed by atoms with van der Waals surface area (Å²) in [7, 11) is 0. The van der Waals surface area contributed by atoms with Gasteiger partial charge in [0.1, 0.15) is 18.3 Å². The van der Waals surface area contributed by atoms with Crippen LogP contribution in [0.25, 0.3) is 10.9 Å². The molecule has 0 saturated carbocycles. The zero-order valence-corrected chi connectivity index (χ0v) is 18.3. The molecule has 0 aliphatic carbocycles. The number of carbonyl (C=O) groups excluding carboxylic acids is 1. The van der Waals surface area contributed by atoms with E-state index in [0.29, 0.717) is 22.9 Å². The first-order valence-electron chi connectivity index (χ1n) is 10.2. The smallest absolute Gasteiger partial charge is 0.271 e. The Kier molecular flexibility index (Phi) is 5.42. The third-order valence-electron chi connectivity index (χ3n) is 5.54. The molecule has 0 fully saturated rings. The van der Waals surface area contributed by atoms with Crippen molar-refractivity contribution in [3.8, 4) is 0 Å². The summed E-state index contributed by atoms with van der Waals surface area (Å²) < 4.78 is 6.70. The van der Waals surface area contributed by atoms with Crippen LogP contribution in [0, 0.1) is 10.1 Å². The van der Waals surface area contributed by atoms with Crippen LogP contribution in [0.3, 0.4) is 0 Å². The Hall–Kier alpha value is -4.31. The van der Waals surface area contributed by atoms with Crippen molar-refractivity contribution >= 4 is 39.8 Å². The molecule has 0 radical (unpaired) electrons. The Morgan fingerprint density at radius 1 is 1.21 bits per heavy atom. The Bertz CT molecular complexity index is 1490. The van der Waals surface area contributed by atoms with Crippen LogP contribution < -0.4 is 5.56 Å². The first-order valence-corrected chi connectivity index (χ1v) is 10.6. The van der Waals surface area contributed by atoms with E-state index in [2.05, 4.69) is 10.1 Å². The van der Waals surface area contributed by atoms with Crippen LogP contribution in [0.15, 0.2) is 81.5 Å². The van der Waals surface area contributed by atoms with Crippen LogP contribution in [-0.2, 0) is 11.3 Å². The second-order valence-corrected chi connectivity index (χ2v) is 8.10. The molecule has 170 valence electrons. The highest BCUT2D eigenvalue weighted by Crippen LogP contribution is 2.33. The summed E-state index contributed by atoms with van der Waals surface area (Å²) in [6, 6.07) is 14.0. The molecular formula is C23H16ClN5O5. The number of nitrogens with zero attached hydrogens (tertiary/aromatic N) is 5. The van der Waals surface area contributed by atoms with Gasteiger partial charge in [0.2, 0.25) is 0 Å². The molecule has 1 atom stereocenters. The van der Waals surface area contributed by atoms with Crippen LogP contribution in [0.2, 0.25) is 5.02 Å². The molecule has 34 heavy (non-hydrogen) atoms. The molecule has 0 N–H and O–H groups in total.